The molecule has 130 valence electrons. The number of halogens is 2. The molecule has 10 heteroatoms. The van der Waals surface area contributed by atoms with Crippen LogP contribution in [0.3, 0.4) is 0 Å². The summed E-state index contributed by atoms with van der Waals surface area (Å²) >= 11 is 11.6. The number of carbonyl (C=O) groups is 1. The van der Waals surface area contributed by atoms with Crippen molar-refractivity contribution >= 4 is 41.0 Å². The minimum Gasteiger partial charge on any atom is -0.506 e. The van der Waals surface area contributed by atoms with Gasteiger partial charge in [-0.05, 0) is 24.3 Å². The molecule has 0 saturated heterocycles. The highest BCUT2D eigenvalue weighted by Gasteiger charge is 2.07. The molecule has 0 unspecified atom stereocenters. The van der Waals surface area contributed by atoms with Crippen LogP contribution in [-0.4, -0.2) is 28.8 Å². The summed E-state index contributed by atoms with van der Waals surface area (Å²) in [6.45, 7) is -0.350. The molecule has 25 heavy (non-hydrogen) atoms. The van der Waals surface area contributed by atoms with Crippen molar-refractivity contribution in [2.75, 3.05) is 6.61 Å². The number of hydrogen-bond acceptors (Lipinski definition) is 6. The van der Waals surface area contributed by atoms with Crippen molar-refractivity contribution in [3.8, 4) is 11.5 Å². The van der Waals surface area contributed by atoms with Crippen LogP contribution < -0.4 is 10.2 Å². The molecule has 0 atom stereocenters. The van der Waals surface area contributed by atoms with Crippen molar-refractivity contribution in [2.45, 2.75) is 0 Å². The van der Waals surface area contributed by atoms with E-state index in [4.69, 9.17) is 27.9 Å². The van der Waals surface area contributed by atoms with Crippen LogP contribution in [0.5, 0.6) is 11.5 Å². The molecule has 0 saturated carbocycles. The van der Waals surface area contributed by atoms with Gasteiger partial charge in [0.05, 0.1) is 16.2 Å². The zero-order valence-corrected chi connectivity index (χ0v) is 14.0. The van der Waals surface area contributed by atoms with Gasteiger partial charge in [-0.2, -0.15) is 5.10 Å². The van der Waals surface area contributed by atoms with Crippen LogP contribution in [0.25, 0.3) is 0 Å². The molecule has 0 aliphatic heterocycles. The van der Waals surface area contributed by atoms with Gasteiger partial charge in [0.25, 0.3) is 11.6 Å². The lowest BCUT2D eigenvalue weighted by Crippen LogP contribution is -2.24. The first-order chi connectivity index (χ1) is 11.9. The second kappa shape index (κ2) is 8.32. The topological polar surface area (TPSA) is 114 Å². The molecule has 0 aliphatic rings. The molecule has 2 aromatic carbocycles. The Hall–Kier alpha value is -2.84. The summed E-state index contributed by atoms with van der Waals surface area (Å²) in [6, 6.07) is 8.06. The zero-order valence-electron chi connectivity index (χ0n) is 12.5. The van der Waals surface area contributed by atoms with Crippen molar-refractivity contribution in [1.29, 1.82) is 0 Å². The molecule has 2 N–H and O–H groups in total. The molecule has 0 fully saturated rings. The SMILES string of the molecule is O=C(COc1ccc([N+](=O)[O-])cc1)N/N=C/c1cc(Cl)cc(Cl)c1O. The molecule has 0 spiro atoms. The van der Waals surface area contributed by atoms with Gasteiger partial charge in [-0.3, -0.25) is 14.9 Å². The fourth-order valence-corrected chi connectivity index (χ4v) is 2.21. The Kier molecular flexibility index (Phi) is 6.15. The quantitative estimate of drug-likeness (QED) is 0.451. The van der Waals surface area contributed by atoms with E-state index in [0.29, 0.717) is 10.8 Å². The summed E-state index contributed by atoms with van der Waals surface area (Å²) in [6.07, 6.45) is 1.18. The highest BCUT2D eigenvalue weighted by Crippen LogP contribution is 2.29. The smallest absolute Gasteiger partial charge is 0.277 e. The van der Waals surface area contributed by atoms with E-state index in [9.17, 15) is 20.0 Å². The number of nitro benzene ring substituents is 1. The van der Waals surface area contributed by atoms with Gasteiger partial charge in [-0.25, -0.2) is 5.43 Å². The number of phenols is 1. The van der Waals surface area contributed by atoms with Gasteiger partial charge in [0.15, 0.2) is 6.61 Å². The zero-order chi connectivity index (χ0) is 18.4. The molecule has 2 rings (SSSR count). The average Bonchev–Trinajstić information content (AvgIpc) is 2.57. The maximum absolute atomic E-state index is 11.6. The summed E-state index contributed by atoms with van der Waals surface area (Å²) in [7, 11) is 0. The first-order valence-corrected chi connectivity index (χ1v) is 7.49. The first-order valence-electron chi connectivity index (χ1n) is 6.74. The van der Waals surface area contributed by atoms with E-state index < -0.39 is 10.8 Å². The van der Waals surface area contributed by atoms with Crippen molar-refractivity contribution in [3.05, 3.63) is 62.1 Å². The van der Waals surface area contributed by atoms with Gasteiger partial charge in [0.1, 0.15) is 11.5 Å². The van der Waals surface area contributed by atoms with E-state index in [2.05, 4.69) is 10.5 Å². The van der Waals surface area contributed by atoms with Gasteiger partial charge in [-0.15, -0.1) is 0 Å². The summed E-state index contributed by atoms with van der Waals surface area (Å²) < 4.78 is 5.17. The number of phenolic OH excluding ortho intramolecular Hbond substituents is 1. The number of nitrogens with one attached hydrogen (secondary N) is 1. The molecule has 2 aromatic rings. The molecule has 0 bridgehead atoms. The third kappa shape index (κ3) is 5.33. The summed E-state index contributed by atoms with van der Waals surface area (Å²) in [5.41, 5.74) is 2.35. The minimum absolute atomic E-state index is 0.0572. The highest BCUT2D eigenvalue weighted by atomic mass is 35.5. The van der Waals surface area contributed by atoms with Crippen LogP contribution in [-0.2, 0) is 4.79 Å². The number of rotatable bonds is 6. The number of hydrazone groups is 1. The van der Waals surface area contributed by atoms with E-state index in [-0.39, 0.29) is 28.6 Å². The molecule has 1 amide bonds. The summed E-state index contributed by atoms with van der Waals surface area (Å²) in [5, 5.41) is 24.3. The van der Waals surface area contributed by atoms with Crippen LogP contribution in [0.4, 0.5) is 5.69 Å². The van der Waals surface area contributed by atoms with Gasteiger partial charge in [0.2, 0.25) is 0 Å². The Morgan fingerprint density at radius 1 is 1.32 bits per heavy atom. The first kappa shape index (κ1) is 18.5. The molecule has 0 aliphatic carbocycles. The molecule has 8 nitrogen and oxygen atoms in total. The lowest BCUT2D eigenvalue weighted by Gasteiger charge is -2.05. The monoisotopic (exact) mass is 383 g/mol. The van der Waals surface area contributed by atoms with Crippen LogP contribution >= 0.6 is 23.2 Å². The third-order valence-corrected chi connectivity index (χ3v) is 3.37. The highest BCUT2D eigenvalue weighted by molar-refractivity contribution is 6.36. The fourth-order valence-electron chi connectivity index (χ4n) is 1.70. The Morgan fingerprint density at radius 2 is 2.00 bits per heavy atom. The molecular weight excluding hydrogens is 373 g/mol. The van der Waals surface area contributed by atoms with Crippen LogP contribution in [0, 0.1) is 10.1 Å². The normalized spacial score (nSPS) is 10.6. The molecule has 0 heterocycles. The number of ether oxygens (including phenoxy) is 1. The number of non-ortho nitro benzene ring substituents is 1. The molecular formula is C15H11Cl2N3O5. The number of hydrogen-bond donors (Lipinski definition) is 2. The second-order valence-corrected chi connectivity index (χ2v) is 5.50. The lowest BCUT2D eigenvalue weighted by atomic mass is 10.2. The lowest BCUT2D eigenvalue weighted by molar-refractivity contribution is -0.384. The number of benzene rings is 2. The van der Waals surface area contributed by atoms with E-state index in [0.717, 1.165) is 0 Å². The Balaban J connectivity index is 1.87. The number of carbonyl (C=O) groups excluding carboxylic acids is 1. The van der Waals surface area contributed by atoms with E-state index in [1.165, 1.54) is 42.6 Å². The summed E-state index contributed by atoms with van der Waals surface area (Å²) in [5.74, 6) is -0.489. The van der Waals surface area contributed by atoms with Crippen molar-refractivity contribution in [1.82, 2.24) is 5.43 Å². The van der Waals surface area contributed by atoms with E-state index in [1.54, 1.807) is 0 Å². The molecule has 0 radical (unpaired) electrons. The Morgan fingerprint density at radius 3 is 2.64 bits per heavy atom. The van der Waals surface area contributed by atoms with Gasteiger partial charge in [0, 0.05) is 22.7 Å². The summed E-state index contributed by atoms with van der Waals surface area (Å²) in [4.78, 5) is 21.6. The predicted octanol–water partition coefficient (Wildman–Crippen LogP) is 3.14. The van der Waals surface area contributed by atoms with E-state index >= 15 is 0 Å². The largest absolute Gasteiger partial charge is 0.506 e. The third-order valence-electron chi connectivity index (χ3n) is 2.87. The van der Waals surface area contributed by atoms with Crippen molar-refractivity contribution in [2.24, 2.45) is 5.10 Å². The maximum Gasteiger partial charge on any atom is 0.277 e. The van der Waals surface area contributed by atoms with Crippen LogP contribution in [0.2, 0.25) is 10.0 Å². The van der Waals surface area contributed by atoms with Gasteiger partial charge < -0.3 is 9.84 Å². The number of nitro groups is 1. The van der Waals surface area contributed by atoms with Crippen molar-refractivity contribution < 1.29 is 19.6 Å². The average molecular weight is 384 g/mol. The van der Waals surface area contributed by atoms with Crippen molar-refractivity contribution in [3.63, 3.8) is 0 Å². The predicted molar refractivity (Wildman–Crippen MR) is 92.5 cm³/mol. The Bertz CT molecular complexity index is 825. The van der Waals surface area contributed by atoms with Crippen LogP contribution in [0.1, 0.15) is 5.56 Å². The number of nitrogens with zero attached hydrogens (tertiary/aromatic N) is 2. The molecule has 0 aromatic heterocycles. The minimum atomic E-state index is -0.567. The second-order valence-electron chi connectivity index (χ2n) is 4.66. The van der Waals surface area contributed by atoms with Crippen LogP contribution in [0.15, 0.2) is 41.5 Å². The van der Waals surface area contributed by atoms with Gasteiger partial charge >= 0.3 is 0 Å². The van der Waals surface area contributed by atoms with Gasteiger partial charge in [-0.1, -0.05) is 23.2 Å². The van der Waals surface area contributed by atoms with E-state index in [1.807, 2.05) is 0 Å². The Labute approximate surface area is 151 Å². The number of aromatic hydroxyl groups is 1. The fraction of sp³-hybridized carbons (Fsp3) is 0.0667. The maximum atomic E-state index is 11.6. The number of amides is 1. The standard InChI is InChI=1S/C15H11Cl2N3O5/c16-10-5-9(15(22)13(17)6-10)7-18-19-14(21)8-25-12-3-1-11(2-4-12)20(23)24/h1-7,22H,8H2,(H,19,21)/b18-7+.